The quantitative estimate of drug-likeness (QED) is 0.751. The predicted molar refractivity (Wildman–Crippen MR) is 99.4 cm³/mol. The van der Waals surface area contributed by atoms with Crippen molar-refractivity contribution in [2.24, 2.45) is 0 Å². The van der Waals surface area contributed by atoms with Crippen molar-refractivity contribution in [3.8, 4) is 5.69 Å². The van der Waals surface area contributed by atoms with E-state index >= 15 is 0 Å². The van der Waals surface area contributed by atoms with Gasteiger partial charge >= 0.3 is 5.69 Å². The Labute approximate surface area is 150 Å². The van der Waals surface area contributed by atoms with Crippen LogP contribution in [0.25, 0.3) is 5.69 Å². The summed E-state index contributed by atoms with van der Waals surface area (Å²) in [5, 5.41) is 3.25. The Morgan fingerprint density at radius 2 is 2.08 bits per heavy atom. The molecule has 0 spiro atoms. The van der Waals surface area contributed by atoms with Gasteiger partial charge in [0, 0.05) is 25.5 Å². The number of aryl methyl sites for hydroxylation is 1. The van der Waals surface area contributed by atoms with Gasteiger partial charge in [0.1, 0.15) is 5.82 Å². The molecular formula is C19H19N5O2. The van der Waals surface area contributed by atoms with Crippen LogP contribution in [0, 0.1) is 6.92 Å². The van der Waals surface area contributed by atoms with Gasteiger partial charge in [-0.15, -0.1) is 0 Å². The number of hydrogen-bond acceptors (Lipinski definition) is 5. The average molecular weight is 349 g/mol. The molecule has 0 atom stereocenters. The molecular weight excluding hydrogens is 330 g/mol. The predicted octanol–water partition coefficient (Wildman–Crippen LogP) is 1.61. The molecule has 0 unspecified atom stereocenters. The van der Waals surface area contributed by atoms with Crippen molar-refractivity contribution in [3.63, 3.8) is 0 Å². The van der Waals surface area contributed by atoms with Crippen molar-refractivity contribution in [3.05, 3.63) is 86.3 Å². The molecule has 1 aromatic carbocycles. The monoisotopic (exact) mass is 349 g/mol. The number of aromatic amines is 1. The van der Waals surface area contributed by atoms with Gasteiger partial charge in [-0.05, 0) is 36.2 Å². The van der Waals surface area contributed by atoms with Crippen LogP contribution in [0.1, 0.15) is 16.7 Å². The fourth-order valence-electron chi connectivity index (χ4n) is 3.25. The molecule has 0 radical (unpaired) electrons. The molecule has 7 heteroatoms. The highest BCUT2D eigenvalue weighted by Crippen LogP contribution is 2.22. The van der Waals surface area contributed by atoms with Crippen molar-refractivity contribution in [2.75, 3.05) is 12.0 Å². The van der Waals surface area contributed by atoms with Crippen LogP contribution in [-0.4, -0.2) is 26.1 Å². The summed E-state index contributed by atoms with van der Waals surface area (Å²) in [7, 11) is 0. The van der Waals surface area contributed by atoms with Gasteiger partial charge in [-0.25, -0.2) is 9.36 Å². The van der Waals surface area contributed by atoms with Crippen LogP contribution in [-0.2, 0) is 13.1 Å². The molecule has 0 aliphatic carbocycles. The van der Waals surface area contributed by atoms with Crippen molar-refractivity contribution >= 4 is 5.82 Å². The molecule has 0 saturated carbocycles. The maximum absolute atomic E-state index is 12.4. The molecule has 1 aliphatic rings. The Hall–Kier alpha value is -3.19. The normalized spacial score (nSPS) is 13.9. The number of H-pyrrole nitrogens is 1. The Bertz CT molecular complexity index is 1060. The van der Waals surface area contributed by atoms with E-state index in [-0.39, 0.29) is 5.56 Å². The van der Waals surface area contributed by atoms with Crippen LogP contribution in [0.15, 0.2) is 58.4 Å². The summed E-state index contributed by atoms with van der Waals surface area (Å²) in [6, 6.07) is 11.5. The molecule has 26 heavy (non-hydrogen) atoms. The van der Waals surface area contributed by atoms with E-state index in [1.807, 2.05) is 49.5 Å². The second-order valence-electron chi connectivity index (χ2n) is 6.44. The number of benzene rings is 1. The van der Waals surface area contributed by atoms with E-state index in [1.54, 1.807) is 6.20 Å². The van der Waals surface area contributed by atoms with Crippen LogP contribution in [0.3, 0.4) is 0 Å². The first-order valence-corrected chi connectivity index (χ1v) is 8.42. The minimum absolute atomic E-state index is 0.350. The first-order valence-electron chi connectivity index (χ1n) is 8.42. The summed E-state index contributed by atoms with van der Waals surface area (Å²) in [6.45, 7) is 3.63. The van der Waals surface area contributed by atoms with Gasteiger partial charge in [-0.2, -0.15) is 0 Å². The SMILES string of the molecule is Cc1cccc(-n2c3c(c(=O)[nH]c2=O)CN(Cc2cccnc2)CN3)c1. The molecule has 3 aromatic rings. The second-order valence-corrected chi connectivity index (χ2v) is 6.44. The van der Waals surface area contributed by atoms with E-state index in [9.17, 15) is 9.59 Å². The zero-order valence-corrected chi connectivity index (χ0v) is 14.4. The average Bonchev–Trinajstić information content (AvgIpc) is 2.63. The van der Waals surface area contributed by atoms with Crippen molar-refractivity contribution in [2.45, 2.75) is 20.0 Å². The highest BCUT2D eigenvalue weighted by molar-refractivity contribution is 5.52. The molecule has 132 valence electrons. The third-order valence-corrected chi connectivity index (χ3v) is 4.45. The first-order chi connectivity index (χ1) is 12.6. The lowest BCUT2D eigenvalue weighted by Gasteiger charge is -2.30. The summed E-state index contributed by atoms with van der Waals surface area (Å²) >= 11 is 0. The molecule has 2 aromatic heterocycles. The number of hydrogen-bond donors (Lipinski definition) is 2. The van der Waals surface area contributed by atoms with Crippen molar-refractivity contribution < 1.29 is 0 Å². The molecule has 1 aliphatic heterocycles. The van der Waals surface area contributed by atoms with E-state index in [0.717, 1.165) is 16.8 Å². The fraction of sp³-hybridized carbons (Fsp3) is 0.211. The van der Waals surface area contributed by atoms with Gasteiger partial charge < -0.3 is 5.32 Å². The summed E-state index contributed by atoms with van der Waals surface area (Å²) in [5.74, 6) is 0.562. The lowest BCUT2D eigenvalue weighted by atomic mass is 10.2. The number of aromatic nitrogens is 3. The summed E-state index contributed by atoms with van der Waals surface area (Å²) < 4.78 is 1.53. The minimum atomic E-state index is -0.437. The second kappa shape index (κ2) is 6.61. The number of nitrogens with one attached hydrogen (secondary N) is 2. The van der Waals surface area contributed by atoms with Crippen molar-refractivity contribution in [1.82, 2.24) is 19.4 Å². The molecule has 0 amide bonds. The lowest BCUT2D eigenvalue weighted by Crippen LogP contribution is -2.42. The highest BCUT2D eigenvalue weighted by Gasteiger charge is 2.23. The maximum Gasteiger partial charge on any atom is 0.334 e. The number of pyridine rings is 1. The maximum atomic E-state index is 12.4. The minimum Gasteiger partial charge on any atom is -0.358 e. The topological polar surface area (TPSA) is 83.0 Å². The fourth-order valence-corrected chi connectivity index (χ4v) is 3.25. The number of anilines is 1. The van der Waals surface area contributed by atoms with Gasteiger partial charge in [0.05, 0.1) is 17.9 Å². The van der Waals surface area contributed by atoms with E-state index in [1.165, 1.54) is 4.57 Å². The van der Waals surface area contributed by atoms with E-state index < -0.39 is 5.69 Å². The van der Waals surface area contributed by atoms with Gasteiger partial charge in [0.25, 0.3) is 5.56 Å². The van der Waals surface area contributed by atoms with Gasteiger partial charge in [-0.3, -0.25) is 19.7 Å². The molecule has 0 fully saturated rings. The highest BCUT2D eigenvalue weighted by atomic mass is 16.2. The van der Waals surface area contributed by atoms with Crippen LogP contribution >= 0.6 is 0 Å². The Balaban J connectivity index is 1.73. The Kier molecular flexibility index (Phi) is 4.14. The molecule has 0 saturated heterocycles. The summed E-state index contributed by atoms with van der Waals surface area (Å²) in [6.07, 6.45) is 3.55. The third-order valence-electron chi connectivity index (χ3n) is 4.45. The van der Waals surface area contributed by atoms with Crippen LogP contribution in [0.4, 0.5) is 5.82 Å². The first kappa shape index (κ1) is 16.3. The molecule has 4 rings (SSSR count). The summed E-state index contributed by atoms with van der Waals surface area (Å²) in [4.78, 5) is 33.5. The Morgan fingerprint density at radius 1 is 1.19 bits per heavy atom. The van der Waals surface area contributed by atoms with E-state index in [0.29, 0.717) is 31.1 Å². The van der Waals surface area contributed by atoms with Crippen molar-refractivity contribution in [1.29, 1.82) is 0 Å². The standard InChI is InChI=1S/C19H19N5O2/c1-13-4-2-6-15(8-13)24-17-16(18(25)22-19(24)26)11-23(12-21-17)10-14-5-3-7-20-9-14/h2-9,21H,10-12H2,1H3,(H,22,25,26). The Morgan fingerprint density at radius 3 is 2.85 bits per heavy atom. The third kappa shape index (κ3) is 3.04. The molecule has 0 bridgehead atoms. The lowest BCUT2D eigenvalue weighted by molar-refractivity contribution is 0.263. The van der Waals surface area contributed by atoms with Crippen LogP contribution in [0.2, 0.25) is 0 Å². The molecule has 7 nitrogen and oxygen atoms in total. The zero-order chi connectivity index (χ0) is 18.1. The molecule has 3 heterocycles. The van der Waals surface area contributed by atoms with Gasteiger partial charge in [0.2, 0.25) is 0 Å². The van der Waals surface area contributed by atoms with E-state index in [2.05, 4.69) is 20.2 Å². The number of fused-ring (bicyclic) bond motifs is 1. The largest absolute Gasteiger partial charge is 0.358 e. The number of nitrogens with zero attached hydrogens (tertiary/aromatic N) is 3. The molecule has 2 N–H and O–H groups in total. The van der Waals surface area contributed by atoms with E-state index in [4.69, 9.17) is 0 Å². The van der Waals surface area contributed by atoms with Gasteiger partial charge in [0.15, 0.2) is 0 Å². The number of rotatable bonds is 3. The van der Waals surface area contributed by atoms with Crippen LogP contribution in [0.5, 0.6) is 0 Å². The van der Waals surface area contributed by atoms with Crippen LogP contribution < -0.4 is 16.6 Å². The van der Waals surface area contributed by atoms with Gasteiger partial charge in [-0.1, -0.05) is 18.2 Å². The summed E-state index contributed by atoms with van der Waals surface area (Å²) in [5.41, 5.74) is 2.62. The smallest absolute Gasteiger partial charge is 0.334 e. The zero-order valence-electron chi connectivity index (χ0n) is 14.4.